The van der Waals surface area contributed by atoms with Crippen LogP contribution in [0.1, 0.15) is 16.8 Å². The zero-order valence-corrected chi connectivity index (χ0v) is 12.6. The van der Waals surface area contributed by atoms with Gasteiger partial charge in [0.15, 0.2) is 0 Å². The molecule has 6 heteroatoms. The fourth-order valence-corrected chi connectivity index (χ4v) is 2.40. The van der Waals surface area contributed by atoms with Crippen LogP contribution in [0.2, 0.25) is 5.15 Å². The smallest absolute Gasteiger partial charge is 0.251 e. The normalized spacial score (nSPS) is 17.1. The molecule has 0 spiro atoms. The first kappa shape index (κ1) is 15.2. The number of likely N-dealkylation sites (N-methyl/N-ethyl adjacent to an activating group) is 1. The standard InChI is InChI=1S/C14H21ClN4O/c1-18-7-9-19(10-8-18)6-2-4-17-14(20)12-3-5-16-13(15)11-12/h3,5,11H,2,4,6-10H2,1H3,(H,17,20). The van der Waals surface area contributed by atoms with Gasteiger partial charge in [-0.25, -0.2) is 4.98 Å². The van der Waals surface area contributed by atoms with E-state index in [4.69, 9.17) is 11.6 Å². The number of aromatic nitrogens is 1. The summed E-state index contributed by atoms with van der Waals surface area (Å²) in [4.78, 5) is 20.5. The van der Waals surface area contributed by atoms with Gasteiger partial charge in [-0.15, -0.1) is 0 Å². The number of nitrogens with zero attached hydrogens (tertiary/aromatic N) is 3. The van der Waals surface area contributed by atoms with Gasteiger partial charge in [-0.2, -0.15) is 0 Å². The van der Waals surface area contributed by atoms with Crippen LogP contribution >= 0.6 is 11.6 Å². The third-order valence-electron chi connectivity index (χ3n) is 3.52. The Balaban J connectivity index is 1.64. The van der Waals surface area contributed by atoms with E-state index in [-0.39, 0.29) is 5.91 Å². The molecule has 0 unspecified atom stereocenters. The Morgan fingerprint density at radius 1 is 1.40 bits per heavy atom. The minimum absolute atomic E-state index is 0.0901. The molecule has 1 aliphatic heterocycles. The highest BCUT2D eigenvalue weighted by Crippen LogP contribution is 2.06. The van der Waals surface area contributed by atoms with E-state index in [1.54, 1.807) is 18.3 Å². The fraction of sp³-hybridized carbons (Fsp3) is 0.571. The van der Waals surface area contributed by atoms with E-state index < -0.39 is 0 Å². The van der Waals surface area contributed by atoms with Crippen molar-refractivity contribution in [2.75, 3.05) is 46.3 Å². The second kappa shape index (κ2) is 7.57. The molecule has 0 aromatic carbocycles. The average molecular weight is 297 g/mol. The number of carbonyl (C=O) groups excluding carboxylic acids is 1. The van der Waals surface area contributed by atoms with Crippen molar-refractivity contribution in [2.45, 2.75) is 6.42 Å². The predicted octanol–water partition coefficient (Wildman–Crippen LogP) is 1.10. The topological polar surface area (TPSA) is 48.5 Å². The molecule has 1 saturated heterocycles. The first-order valence-corrected chi connectivity index (χ1v) is 7.33. The van der Waals surface area contributed by atoms with Crippen molar-refractivity contribution < 1.29 is 4.79 Å². The maximum atomic E-state index is 11.9. The second-order valence-corrected chi connectivity index (χ2v) is 5.51. The van der Waals surface area contributed by atoms with Crippen LogP contribution in [0.3, 0.4) is 0 Å². The highest BCUT2D eigenvalue weighted by atomic mass is 35.5. The number of rotatable bonds is 5. The van der Waals surface area contributed by atoms with Crippen molar-refractivity contribution >= 4 is 17.5 Å². The van der Waals surface area contributed by atoms with Crippen molar-refractivity contribution in [3.63, 3.8) is 0 Å². The second-order valence-electron chi connectivity index (χ2n) is 5.12. The van der Waals surface area contributed by atoms with Crippen LogP contribution in [0.25, 0.3) is 0 Å². The number of nitrogens with one attached hydrogen (secondary N) is 1. The zero-order valence-electron chi connectivity index (χ0n) is 11.8. The van der Waals surface area contributed by atoms with E-state index in [1.807, 2.05) is 0 Å². The van der Waals surface area contributed by atoms with Crippen molar-refractivity contribution in [2.24, 2.45) is 0 Å². The average Bonchev–Trinajstić information content (AvgIpc) is 2.45. The van der Waals surface area contributed by atoms with E-state index in [2.05, 4.69) is 27.1 Å². The van der Waals surface area contributed by atoms with Crippen LogP contribution < -0.4 is 5.32 Å². The third kappa shape index (κ3) is 4.74. The summed E-state index contributed by atoms with van der Waals surface area (Å²) in [5.41, 5.74) is 0.560. The minimum atomic E-state index is -0.0901. The van der Waals surface area contributed by atoms with E-state index in [0.717, 1.165) is 39.1 Å². The maximum Gasteiger partial charge on any atom is 0.251 e. The largest absolute Gasteiger partial charge is 0.352 e. The van der Waals surface area contributed by atoms with Crippen molar-refractivity contribution in [1.29, 1.82) is 0 Å². The van der Waals surface area contributed by atoms with Crippen molar-refractivity contribution in [3.05, 3.63) is 29.0 Å². The van der Waals surface area contributed by atoms with E-state index in [0.29, 0.717) is 17.3 Å². The Labute approximate surface area is 124 Å². The van der Waals surface area contributed by atoms with Gasteiger partial charge in [0, 0.05) is 44.5 Å². The molecule has 1 aliphatic rings. The van der Waals surface area contributed by atoms with Gasteiger partial charge >= 0.3 is 0 Å². The number of carbonyl (C=O) groups is 1. The summed E-state index contributed by atoms with van der Waals surface area (Å²) in [6.07, 6.45) is 2.51. The lowest BCUT2D eigenvalue weighted by molar-refractivity contribution is 0.0949. The van der Waals surface area contributed by atoms with Gasteiger partial charge in [0.1, 0.15) is 5.15 Å². The molecule has 1 amide bonds. The molecule has 2 rings (SSSR count). The van der Waals surface area contributed by atoms with Crippen molar-refractivity contribution in [1.82, 2.24) is 20.1 Å². The van der Waals surface area contributed by atoms with Crippen LogP contribution in [0, 0.1) is 0 Å². The first-order chi connectivity index (χ1) is 9.65. The SMILES string of the molecule is CN1CCN(CCCNC(=O)c2ccnc(Cl)c2)CC1. The van der Waals surface area contributed by atoms with Gasteiger partial charge < -0.3 is 15.1 Å². The lowest BCUT2D eigenvalue weighted by Gasteiger charge is -2.32. The van der Waals surface area contributed by atoms with Crippen LogP contribution in [0.4, 0.5) is 0 Å². The Morgan fingerprint density at radius 3 is 2.85 bits per heavy atom. The molecule has 1 N–H and O–H groups in total. The molecule has 0 radical (unpaired) electrons. The fourth-order valence-electron chi connectivity index (χ4n) is 2.22. The van der Waals surface area contributed by atoms with E-state index in [9.17, 15) is 4.79 Å². The minimum Gasteiger partial charge on any atom is -0.352 e. The summed E-state index contributed by atoms with van der Waals surface area (Å²) in [5.74, 6) is -0.0901. The third-order valence-corrected chi connectivity index (χ3v) is 3.73. The molecule has 20 heavy (non-hydrogen) atoms. The number of hydrogen-bond acceptors (Lipinski definition) is 4. The summed E-state index contributed by atoms with van der Waals surface area (Å²) in [6, 6.07) is 3.25. The van der Waals surface area contributed by atoms with E-state index in [1.165, 1.54) is 0 Å². The Hall–Kier alpha value is -1.17. The summed E-state index contributed by atoms with van der Waals surface area (Å²) in [6.45, 7) is 6.20. The lowest BCUT2D eigenvalue weighted by Crippen LogP contribution is -2.45. The van der Waals surface area contributed by atoms with Crippen LogP contribution in [0.5, 0.6) is 0 Å². The highest BCUT2D eigenvalue weighted by Gasteiger charge is 2.13. The Kier molecular flexibility index (Phi) is 5.76. The number of pyridine rings is 1. The van der Waals surface area contributed by atoms with Gasteiger partial charge in [-0.3, -0.25) is 4.79 Å². The quantitative estimate of drug-likeness (QED) is 0.653. The molecule has 1 aromatic heterocycles. The molecular weight excluding hydrogens is 276 g/mol. The van der Waals surface area contributed by atoms with Crippen molar-refractivity contribution in [3.8, 4) is 0 Å². The summed E-state index contributed by atoms with van der Waals surface area (Å²) in [5, 5.41) is 3.25. The summed E-state index contributed by atoms with van der Waals surface area (Å²) < 4.78 is 0. The molecule has 2 heterocycles. The molecular formula is C14H21ClN4O. The van der Waals surface area contributed by atoms with Gasteiger partial charge in [0.2, 0.25) is 0 Å². The molecule has 0 bridgehead atoms. The summed E-state index contributed by atoms with van der Waals surface area (Å²) >= 11 is 5.76. The maximum absolute atomic E-state index is 11.9. The highest BCUT2D eigenvalue weighted by molar-refractivity contribution is 6.29. The number of halogens is 1. The number of amides is 1. The van der Waals surface area contributed by atoms with Crippen LogP contribution in [0.15, 0.2) is 18.3 Å². The molecule has 1 fully saturated rings. The van der Waals surface area contributed by atoms with Gasteiger partial charge in [-0.05, 0) is 32.1 Å². The zero-order chi connectivity index (χ0) is 14.4. The van der Waals surface area contributed by atoms with E-state index >= 15 is 0 Å². The molecule has 5 nitrogen and oxygen atoms in total. The lowest BCUT2D eigenvalue weighted by atomic mass is 10.2. The Bertz CT molecular complexity index is 447. The molecule has 0 saturated carbocycles. The van der Waals surface area contributed by atoms with Crippen LogP contribution in [-0.2, 0) is 0 Å². The number of hydrogen-bond donors (Lipinski definition) is 1. The van der Waals surface area contributed by atoms with Gasteiger partial charge in [-0.1, -0.05) is 11.6 Å². The monoisotopic (exact) mass is 296 g/mol. The first-order valence-electron chi connectivity index (χ1n) is 6.96. The van der Waals surface area contributed by atoms with Crippen LogP contribution in [-0.4, -0.2) is 67.0 Å². The predicted molar refractivity (Wildman–Crippen MR) is 80.1 cm³/mol. The summed E-state index contributed by atoms with van der Waals surface area (Å²) in [7, 11) is 2.15. The molecule has 0 aliphatic carbocycles. The van der Waals surface area contributed by atoms with Gasteiger partial charge in [0.25, 0.3) is 5.91 Å². The molecule has 110 valence electrons. The Morgan fingerprint density at radius 2 is 2.15 bits per heavy atom. The van der Waals surface area contributed by atoms with Gasteiger partial charge in [0.05, 0.1) is 0 Å². The molecule has 0 atom stereocenters. The molecule has 1 aromatic rings. The number of piperazine rings is 1.